The van der Waals surface area contributed by atoms with E-state index in [0.29, 0.717) is 19.4 Å². The highest BCUT2D eigenvalue weighted by atomic mass is 16.3. The van der Waals surface area contributed by atoms with Crippen LogP contribution >= 0.6 is 0 Å². The van der Waals surface area contributed by atoms with Crippen molar-refractivity contribution in [1.29, 1.82) is 0 Å². The first kappa shape index (κ1) is 15.5. The van der Waals surface area contributed by atoms with Crippen LogP contribution in [0.4, 0.5) is 0 Å². The average Bonchev–Trinajstić information content (AvgIpc) is 2.78. The van der Waals surface area contributed by atoms with Crippen molar-refractivity contribution in [3.05, 3.63) is 29.6 Å². The first-order valence-corrected chi connectivity index (χ1v) is 7.17. The number of benzene rings is 1. The number of para-hydroxylation sites is 1. The molecular weight excluding hydrogens is 266 g/mol. The third kappa shape index (κ3) is 4.04. The summed E-state index contributed by atoms with van der Waals surface area (Å²) in [4.78, 5) is 21.4. The summed E-state index contributed by atoms with van der Waals surface area (Å²) < 4.78 is 0. The van der Waals surface area contributed by atoms with Gasteiger partial charge < -0.3 is 15.0 Å². The van der Waals surface area contributed by atoms with E-state index in [1.54, 1.807) is 25.8 Å². The first-order valence-electron chi connectivity index (χ1n) is 7.17. The molecule has 0 unspecified atom stereocenters. The van der Waals surface area contributed by atoms with Crippen LogP contribution in [0.3, 0.4) is 0 Å². The molecule has 114 valence electrons. The predicted octanol–water partition coefficient (Wildman–Crippen LogP) is 2.03. The molecule has 21 heavy (non-hydrogen) atoms. The molecule has 1 aromatic heterocycles. The highest BCUT2D eigenvalue weighted by Gasteiger charge is 2.19. The maximum Gasteiger partial charge on any atom is 0.222 e. The number of aromatic amines is 1. The Kier molecular flexibility index (Phi) is 4.32. The van der Waals surface area contributed by atoms with Crippen LogP contribution in [0, 0.1) is 6.92 Å². The molecule has 0 aliphatic rings. The zero-order chi connectivity index (χ0) is 15.6. The minimum Gasteiger partial charge on any atom is -0.389 e. The van der Waals surface area contributed by atoms with Gasteiger partial charge in [0, 0.05) is 26.4 Å². The van der Waals surface area contributed by atoms with Gasteiger partial charge in [-0.1, -0.05) is 12.1 Å². The second-order valence-electron chi connectivity index (χ2n) is 6.22. The summed E-state index contributed by atoms with van der Waals surface area (Å²) in [6.07, 6.45) is 0.953. The van der Waals surface area contributed by atoms with Crippen molar-refractivity contribution in [3.8, 4) is 0 Å². The number of hydrogen-bond acceptors (Lipinski definition) is 3. The molecule has 0 atom stereocenters. The third-order valence-corrected chi connectivity index (χ3v) is 3.39. The minimum atomic E-state index is -0.874. The number of carbonyl (C=O) groups is 1. The number of nitrogens with zero attached hydrogens (tertiary/aromatic N) is 2. The summed E-state index contributed by atoms with van der Waals surface area (Å²) in [6.45, 7) is 5.73. The molecule has 1 aromatic carbocycles. The van der Waals surface area contributed by atoms with Gasteiger partial charge in [0.1, 0.15) is 5.82 Å². The number of H-pyrrole nitrogens is 1. The van der Waals surface area contributed by atoms with E-state index in [2.05, 4.69) is 9.97 Å². The van der Waals surface area contributed by atoms with Crippen LogP contribution in [0.1, 0.15) is 31.7 Å². The number of hydrogen-bond donors (Lipinski definition) is 2. The van der Waals surface area contributed by atoms with Gasteiger partial charge in [-0.3, -0.25) is 4.79 Å². The predicted molar refractivity (Wildman–Crippen MR) is 83.1 cm³/mol. The highest BCUT2D eigenvalue weighted by molar-refractivity contribution is 5.79. The van der Waals surface area contributed by atoms with Crippen LogP contribution in [-0.2, 0) is 11.2 Å². The lowest BCUT2D eigenvalue weighted by Crippen LogP contribution is -2.39. The van der Waals surface area contributed by atoms with Crippen molar-refractivity contribution in [3.63, 3.8) is 0 Å². The Bertz CT molecular complexity index is 640. The van der Waals surface area contributed by atoms with Gasteiger partial charge in [-0.15, -0.1) is 0 Å². The Morgan fingerprint density at radius 1 is 1.43 bits per heavy atom. The maximum absolute atomic E-state index is 12.0. The van der Waals surface area contributed by atoms with Gasteiger partial charge in [-0.05, 0) is 32.4 Å². The molecular formula is C16H23N3O2. The summed E-state index contributed by atoms with van der Waals surface area (Å²) in [5.41, 5.74) is 2.22. The fourth-order valence-electron chi connectivity index (χ4n) is 2.43. The molecule has 0 fully saturated rings. The number of nitrogens with one attached hydrogen (secondary N) is 1. The van der Waals surface area contributed by atoms with Crippen molar-refractivity contribution in [2.45, 2.75) is 39.2 Å². The topological polar surface area (TPSA) is 69.2 Å². The number of likely N-dealkylation sites (N-methyl/N-ethyl adjacent to an activating group) is 1. The Labute approximate surface area is 125 Å². The van der Waals surface area contributed by atoms with Crippen LogP contribution in [-0.4, -0.2) is 45.1 Å². The lowest BCUT2D eigenvalue weighted by atomic mass is 10.1. The van der Waals surface area contributed by atoms with Crippen LogP contribution in [0.2, 0.25) is 0 Å². The van der Waals surface area contributed by atoms with E-state index in [-0.39, 0.29) is 5.91 Å². The number of aromatic nitrogens is 2. The van der Waals surface area contributed by atoms with Gasteiger partial charge in [0.25, 0.3) is 0 Å². The fraction of sp³-hybridized carbons (Fsp3) is 0.500. The van der Waals surface area contributed by atoms with Crippen molar-refractivity contribution in [2.24, 2.45) is 0 Å². The van der Waals surface area contributed by atoms with Crippen LogP contribution in [0.5, 0.6) is 0 Å². The molecule has 0 radical (unpaired) electrons. The molecule has 0 aliphatic heterocycles. The average molecular weight is 289 g/mol. The van der Waals surface area contributed by atoms with Crippen LogP contribution in [0.15, 0.2) is 18.2 Å². The largest absolute Gasteiger partial charge is 0.389 e. The first-order chi connectivity index (χ1) is 9.76. The molecule has 0 bridgehead atoms. The lowest BCUT2D eigenvalue weighted by Gasteiger charge is -2.25. The summed E-state index contributed by atoms with van der Waals surface area (Å²) in [5, 5.41) is 9.74. The third-order valence-electron chi connectivity index (χ3n) is 3.39. The Morgan fingerprint density at radius 2 is 2.14 bits per heavy atom. The van der Waals surface area contributed by atoms with E-state index < -0.39 is 5.60 Å². The molecule has 1 amide bonds. The number of carbonyl (C=O) groups excluding carboxylic acids is 1. The highest BCUT2D eigenvalue weighted by Crippen LogP contribution is 2.16. The smallest absolute Gasteiger partial charge is 0.222 e. The zero-order valence-corrected chi connectivity index (χ0v) is 13.1. The van der Waals surface area contributed by atoms with E-state index in [0.717, 1.165) is 22.4 Å². The molecule has 0 spiro atoms. The number of aliphatic hydroxyl groups is 1. The molecule has 2 aromatic rings. The van der Waals surface area contributed by atoms with Gasteiger partial charge in [0.15, 0.2) is 0 Å². The van der Waals surface area contributed by atoms with Gasteiger partial charge in [0.05, 0.1) is 16.6 Å². The zero-order valence-electron chi connectivity index (χ0n) is 13.1. The lowest BCUT2D eigenvalue weighted by molar-refractivity contribution is -0.132. The van der Waals surface area contributed by atoms with Crippen LogP contribution in [0.25, 0.3) is 11.0 Å². The molecule has 5 nitrogen and oxygen atoms in total. The van der Waals surface area contributed by atoms with E-state index in [1.165, 1.54) is 0 Å². The Balaban J connectivity index is 1.98. The van der Waals surface area contributed by atoms with Crippen molar-refractivity contribution >= 4 is 16.9 Å². The summed E-state index contributed by atoms with van der Waals surface area (Å²) in [5.74, 6) is 0.832. The number of fused-ring (bicyclic) bond motifs is 1. The normalized spacial score (nSPS) is 11.9. The Hall–Kier alpha value is -1.88. The second-order valence-corrected chi connectivity index (χ2v) is 6.22. The molecule has 1 heterocycles. The van der Waals surface area contributed by atoms with Crippen molar-refractivity contribution in [1.82, 2.24) is 14.9 Å². The molecule has 0 aliphatic carbocycles. The standard InChI is InChI=1S/C16H23N3O2/c1-11-6-5-7-12-15(11)18-13(17-12)8-9-14(20)19(4)10-16(2,3)21/h5-7,21H,8-10H2,1-4H3,(H,17,18). The molecule has 2 N–H and O–H groups in total. The molecule has 5 heteroatoms. The fourth-order valence-corrected chi connectivity index (χ4v) is 2.43. The van der Waals surface area contributed by atoms with Crippen molar-refractivity contribution < 1.29 is 9.90 Å². The Morgan fingerprint density at radius 3 is 2.76 bits per heavy atom. The SMILES string of the molecule is Cc1cccc2[nH]c(CCC(=O)N(C)CC(C)(C)O)nc12. The van der Waals surface area contributed by atoms with E-state index in [9.17, 15) is 9.90 Å². The van der Waals surface area contributed by atoms with Gasteiger partial charge in [-0.25, -0.2) is 4.98 Å². The van der Waals surface area contributed by atoms with E-state index in [1.807, 2.05) is 25.1 Å². The van der Waals surface area contributed by atoms with E-state index in [4.69, 9.17) is 0 Å². The van der Waals surface area contributed by atoms with Crippen LogP contribution < -0.4 is 0 Å². The number of aryl methyl sites for hydroxylation is 2. The second kappa shape index (κ2) is 5.85. The van der Waals surface area contributed by atoms with E-state index >= 15 is 0 Å². The number of amides is 1. The van der Waals surface area contributed by atoms with Gasteiger partial charge in [0.2, 0.25) is 5.91 Å². The quantitative estimate of drug-likeness (QED) is 0.885. The van der Waals surface area contributed by atoms with Gasteiger partial charge in [-0.2, -0.15) is 0 Å². The minimum absolute atomic E-state index is 0.00861. The van der Waals surface area contributed by atoms with Gasteiger partial charge >= 0.3 is 0 Å². The summed E-state index contributed by atoms with van der Waals surface area (Å²) >= 11 is 0. The molecule has 0 saturated carbocycles. The molecule has 2 rings (SSSR count). The summed E-state index contributed by atoms with van der Waals surface area (Å²) in [7, 11) is 1.71. The summed E-state index contributed by atoms with van der Waals surface area (Å²) in [6, 6.07) is 6.00. The number of rotatable bonds is 5. The molecule has 0 saturated heterocycles. The van der Waals surface area contributed by atoms with Crippen molar-refractivity contribution in [2.75, 3.05) is 13.6 Å². The number of imidazole rings is 1. The monoisotopic (exact) mass is 289 g/mol. The maximum atomic E-state index is 12.0.